The summed E-state index contributed by atoms with van der Waals surface area (Å²) in [5.41, 5.74) is 0.478. The van der Waals surface area contributed by atoms with Crippen molar-refractivity contribution in [3.05, 3.63) is 48.4 Å². The smallest absolute Gasteiger partial charge is 0.330 e. The lowest BCUT2D eigenvalue weighted by Crippen LogP contribution is -2.43. The van der Waals surface area contributed by atoms with Gasteiger partial charge in [0.05, 0.1) is 19.1 Å². The highest BCUT2D eigenvalue weighted by Crippen LogP contribution is 2.41. The van der Waals surface area contributed by atoms with Crippen LogP contribution in [-0.4, -0.2) is 48.2 Å². The van der Waals surface area contributed by atoms with E-state index in [-0.39, 0.29) is 5.91 Å². The van der Waals surface area contributed by atoms with Crippen LogP contribution in [0.15, 0.2) is 47.1 Å². The Balaban J connectivity index is 1.59. The van der Waals surface area contributed by atoms with Gasteiger partial charge in [-0.15, -0.1) is 11.8 Å². The predicted molar refractivity (Wildman–Crippen MR) is 103 cm³/mol. The van der Waals surface area contributed by atoms with Gasteiger partial charge >= 0.3 is 5.97 Å². The van der Waals surface area contributed by atoms with Gasteiger partial charge in [-0.3, -0.25) is 9.59 Å². The molecule has 9 heteroatoms. The number of carbonyl (C=O) groups excluding carboxylic acids is 3. The van der Waals surface area contributed by atoms with Crippen LogP contribution < -0.4 is 10.1 Å². The van der Waals surface area contributed by atoms with Crippen LogP contribution in [0.4, 0.5) is 5.69 Å². The van der Waals surface area contributed by atoms with Gasteiger partial charge in [-0.2, -0.15) is 0 Å². The van der Waals surface area contributed by atoms with Crippen molar-refractivity contribution in [1.82, 2.24) is 4.90 Å². The van der Waals surface area contributed by atoms with Crippen LogP contribution in [0.25, 0.3) is 0 Å². The summed E-state index contributed by atoms with van der Waals surface area (Å²) >= 11 is 1.41. The van der Waals surface area contributed by atoms with Gasteiger partial charge in [-0.1, -0.05) is 12.1 Å². The molecule has 2 aromatic rings. The summed E-state index contributed by atoms with van der Waals surface area (Å²) in [5.74, 6) is 0.0415. The number of benzene rings is 1. The lowest BCUT2D eigenvalue weighted by atomic mass is 10.2. The maximum Gasteiger partial charge on any atom is 0.330 e. The molecular formula is C19H20N2O6S. The first-order chi connectivity index (χ1) is 13.5. The quantitative estimate of drug-likeness (QED) is 0.739. The second-order valence-corrected chi connectivity index (χ2v) is 7.11. The van der Waals surface area contributed by atoms with Gasteiger partial charge in [0.2, 0.25) is 5.91 Å². The molecule has 1 N–H and O–H groups in total. The van der Waals surface area contributed by atoms with Crippen LogP contribution in [0, 0.1) is 0 Å². The molecule has 1 fully saturated rings. The number of hydrogen-bond donors (Lipinski definition) is 1. The van der Waals surface area contributed by atoms with Gasteiger partial charge in [0, 0.05) is 12.7 Å². The third-order valence-electron chi connectivity index (χ3n) is 4.15. The van der Waals surface area contributed by atoms with Crippen LogP contribution in [0.2, 0.25) is 0 Å². The molecule has 8 nitrogen and oxygen atoms in total. The first kappa shape index (κ1) is 19.8. The Kier molecular flexibility index (Phi) is 6.25. The van der Waals surface area contributed by atoms with E-state index in [2.05, 4.69) is 5.32 Å². The molecule has 2 amide bonds. The molecule has 3 rings (SSSR count). The van der Waals surface area contributed by atoms with Crippen molar-refractivity contribution < 1.29 is 28.3 Å². The van der Waals surface area contributed by atoms with Crippen LogP contribution in [-0.2, 0) is 19.1 Å². The zero-order chi connectivity index (χ0) is 20.1. The number of amides is 2. The first-order valence-corrected chi connectivity index (χ1v) is 9.59. The number of furan rings is 1. The van der Waals surface area contributed by atoms with Gasteiger partial charge in [-0.25, -0.2) is 4.79 Å². The van der Waals surface area contributed by atoms with E-state index in [1.165, 1.54) is 37.0 Å². The van der Waals surface area contributed by atoms with Crippen molar-refractivity contribution in [3.63, 3.8) is 0 Å². The molecule has 0 aliphatic carbocycles. The summed E-state index contributed by atoms with van der Waals surface area (Å²) in [6, 6.07) is 9.60. The number of thioether (sulfide) groups is 1. The Hall–Kier alpha value is -2.94. The van der Waals surface area contributed by atoms with Crippen LogP contribution in [0.5, 0.6) is 5.75 Å². The van der Waals surface area contributed by atoms with Gasteiger partial charge in [0.1, 0.15) is 22.9 Å². The highest BCUT2D eigenvalue weighted by Gasteiger charge is 2.43. The predicted octanol–water partition coefficient (Wildman–Crippen LogP) is 2.43. The largest absolute Gasteiger partial charge is 0.495 e. The minimum absolute atomic E-state index is 0.271. The standard InChI is InChI=1S/C19H20N2O6S/c1-12(22)21-14(11-28-18(21)16-8-5-9-26-16)19(24)27-10-17(23)20-13-6-3-4-7-15(13)25-2/h3-9,14,18H,10-11H2,1-2H3,(H,20,23)/t14-,18-/m1/s1. The Morgan fingerprint density at radius 3 is 2.71 bits per heavy atom. The van der Waals surface area contributed by atoms with Gasteiger partial charge < -0.3 is 24.1 Å². The Labute approximate surface area is 166 Å². The molecule has 2 heterocycles. The molecular weight excluding hydrogens is 384 g/mol. The van der Waals surface area contributed by atoms with Crippen molar-refractivity contribution in [3.8, 4) is 5.75 Å². The molecule has 0 radical (unpaired) electrons. The molecule has 1 aliphatic rings. The average molecular weight is 404 g/mol. The maximum absolute atomic E-state index is 12.5. The fraction of sp³-hybridized carbons (Fsp3) is 0.316. The molecule has 28 heavy (non-hydrogen) atoms. The van der Waals surface area contributed by atoms with E-state index in [0.717, 1.165) is 0 Å². The number of esters is 1. The van der Waals surface area contributed by atoms with Crippen LogP contribution in [0.1, 0.15) is 18.1 Å². The van der Waals surface area contributed by atoms with E-state index in [4.69, 9.17) is 13.9 Å². The molecule has 1 saturated heterocycles. The molecule has 0 spiro atoms. The number of para-hydroxylation sites is 2. The molecule has 148 valence electrons. The lowest BCUT2D eigenvalue weighted by Gasteiger charge is -2.25. The molecule has 0 unspecified atom stereocenters. The summed E-state index contributed by atoms with van der Waals surface area (Å²) in [6.07, 6.45) is 1.52. The molecule has 1 aromatic heterocycles. The fourth-order valence-electron chi connectivity index (χ4n) is 2.89. The number of ether oxygens (including phenoxy) is 2. The number of rotatable bonds is 6. The number of hydrogen-bond acceptors (Lipinski definition) is 7. The number of carbonyl (C=O) groups is 3. The Morgan fingerprint density at radius 2 is 2.04 bits per heavy atom. The lowest BCUT2D eigenvalue weighted by molar-refractivity contribution is -0.155. The molecule has 1 aliphatic heterocycles. The summed E-state index contributed by atoms with van der Waals surface area (Å²) in [6.45, 7) is 0.922. The summed E-state index contributed by atoms with van der Waals surface area (Å²) < 4.78 is 15.7. The van der Waals surface area contributed by atoms with E-state index >= 15 is 0 Å². The second kappa shape index (κ2) is 8.83. The monoisotopic (exact) mass is 404 g/mol. The van der Waals surface area contributed by atoms with Gasteiger partial charge in [0.25, 0.3) is 5.91 Å². The van der Waals surface area contributed by atoms with Crippen molar-refractivity contribution >= 4 is 35.2 Å². The van der Waals surface area contributed by atoms with Gasteiger partial charge in [-0.05, 0) is 24.3 Å². The van der Waals surface area contributed by atoms with Crippen molar-refractivity contribution in [2.75, 3.05) is 24.8 Å². The molecule has 2 atom stereocenters. The maximum atomic E-state index is 12.5. The van der Waals surface area contributed by atoms with E-state index in [1.54, 1.807) is 36.4 Å². The van der Waals surface area contributed by atoms with E-state index < -0.39 is 29.9 Å². The highest BCUT2D eigenvalue weighted by atomic mass is 32.2. The third-order valence-corrected chi connectivity index (χ3v) is 5.43. The Bertz CT molecular complexity index is 854. The number of nitrogens with zero attached hydrogens (tertiary/aromatic N) is 1. The average Bonchev–Trinajstić information content (AvgIpc) is 3.35. The first-order valence-electron chi connectivity index (χ1n) is 8.54. The van der Waals surface area contributed by atoms with E-state index in [1.807, 2.05) is 0 Å². The summed E-state index contributed by atoms with van der Waals surface area (Å²) in [4.78, 5) is 38.1. The van der Waals surface area contributed by atoms with Crippen LogP contribution >= 0.6 is 11.8 Å². The number of methoxy groups -OCH3 is 1. The molecule has 1 aromatic carbocycles. The minimum Gasteiger partial charge on any atom is -0.495 e. The third kappa shape index (κ3) is 4.30. The summed E-state index contributed by atoms with van der Waals surface area (Å²) in [7, 11) is 1.49. The number of nitrogens with one attached hydrogen (secondary N) is 1. The zero-order valence-corrected chi connectivity index (χ0v) is 16.2. The highest BCUT2D eigenvalue weighted by molar-refractivity contribution is 7.99. The van der Waals surface area contributed by atoms with Crippen molar-refractivity contribution in [1.29, 1.82) is 0 Å². The fourth-order valence-corrected chi connectivity index (χ4v) is 4.31. The van der Waals surface area contributed by atoms with Gasteiger partial charge in [0.15, 0.2) is 6.61 Å². The zero-order valence-electron chi connectivity index (χ0n) is 15.4. The van der Waals surface area contributed by atoms with Crippen molar-refractivity contribution in [2.45, 2.75) is 18.3 Å². The van der Waals surface area contributed by atoms with Crippen molar-refractivity contribution in [2.24, 2.45) is 0 Å². The van der Waals surface area contributed by atoms with E-state index in [0.29, 0.717) is 22.9 Å². The molecule has 0 saturated carbocycles. The SMILES string of the molecule is COc1ccccc1NC(=O)COC(=O)[C@H]1CS[C@H](c2ccco2)N1C(C)=O. The van der Waals surface area contributed by atoms with E-state index in [9.17, 15) is 14.4 Å². The summed E-state index contributed by atoms with van der Waals surface area (Å²) in [5, 5.41) is 2.23. The second-order valence-electron chi connectivity index (χ2n) is 6.00. The molecule has 0 bridgehead atoms. The normalized spacial score (nSPS) is 18.6. The Morgan fingerprint density at radius 1 is 1.25 bits per heavy atom. The number of anilines is 1. The van der Waals surface area contributed by atoms with Crippen LogP contribution in [0.3, 0.4) is 0 Å². The minimum atomic E-state index is -0.781. The topological polar surface area (TPSA) is 98.1 Å².